The smallest absolute Gasteiger partial charge is 0.285 e. The lowest BCUT2D eigenvalue weighted by Gasteiger charge is -2.15. The maximum atomic E-state index is 13.0. The Morgan fingerprint density at radius 3 is 2.47 bits per heavy atom. The number of benzene rings is 4. The molecule has 1 N–H and O–H groups in total. The van der Waals surface area contributed by atoms with Gasteiger partial charge in [0, 0.05) is 5.56 Å². The summed E-state index contributed by atoms with van der Waals surface area (Å²) in [4.78, 5) is 25.9. The van der Waals surface area contributed by atoms with Crippen LogP contribution in [0.1, 0.15) is 28.4 Å². The average Bonchev–Trinajstić information content (AvgIpc) is 3.20. The molecule has 0 radical (unpaired) electrons. The summed E-state index contributed by atoms with van der Waals surface area (Å²) in [6.07, 6.45) is 1.73. The van der Waals surface area contributed by atoms with Crippen molar-refractivity contribution in [2.75, 3.05) is 6.61 Å². The minimum atomic E-state index is -0.408. The molecule has 38 heavy (non-hydrogen) atoms. The molecule has 8 heteroatoms. The van der Waals surface area contributed by atoms with Gasteiger partial charge in [0.2, 0.25) is 0 Å². The Balaban J connectivity index is 1.30. The molecule has 0 unspecified atom stereocenters. The number of hydrogen-bond acceptors (Lipinski definition) is 6. The molecule has 1 heterocycles. The van der Waals surface area contributed by atoms with Crippen molar-refractivity contribution in [2.45, 2.75) is 13.5 Å². The largest absolute Gasteiger partial charge is 0.490 e. The molecule has 0 spiro atoms. The normalized spacial score (nSPS) is 14.2. The quantitative estimate of drug-likeness (QED) is 0.207. The van der Waals surface area contributed by atoms with Crippen LogP contribution in [0.3, 0.4) is 0 Å². The van der Waals surface area contributed by atoms with E-state index in [2.05, 4.69) is 35.8 Å². The molecule has 6 nitrogen and oxygen atoms in total. The highest BCUT2D eigenvalue weighted by Gasteiger charge is 2.33. The third kappa shape index (κ3) is 5.72. The topological polar surface area (TPSA) is 67.9 Å². The molecular formula is C30H24N2O4S2. The van der Waals surface area contributed by atoms with E-state index in [4.69, 9.17) is 21.7 Å². The van der Waals surface area contributed by atoms with Crippen LogP contribution >= 0.6 is 24.0 Å². The number of nitrogens with one attached hydrogen (secondary N) is 1. The molecule has 5 rings (SSSR count). The molecule has 4 aromatic rings. The zero-order valence-electron chi connectivity index (χ0n) is 20.5. The Morgan fingerprint density at radius 2 is 1.68 bits per heavy atom. The Hall–Kier alpha value is -4.14. The standard InChI is InChI=1S/C30H24N2O4S2/c1-2-35-26-17-20(13-15-25(26)36-19-21-12-14-22-8-6-7-11-24(22)16-21)18-27-29(34)32(30(37)38-27)31-28(33)23-9-4-3-5-10-23/h3-18H,2,19H2,1H3,(H,31,33). The Morgan fingerprint density at radius 1 is 0.921 bits per heavy atom. The number of nitrogens with zero attached hydrogens (tertiary/aromatic N) is 1. The molecule has 2 amide bonds. The van der Waals surface area contributed by atoms with Crippen molar-refractivity contribution in [3.05, 3.63) is 113 Å². The molecular weight excluding hydrogens is 516 g/mol. The summed E-state index contributed by atoms with van der Waals surface area (Å²) in [5, 5.41) is 3.44. The number of amides is 2. The number of hydrogen-bond donors (Lipinski definition) is 1. The Kier molecular flexibility index (Phi) is 7.72. The number of hydrazine groups is 1. The van der Waals surface area contributed by atoms with Gasteiger partial charge in [-0.2, -0.15) is 5.01 Å². The van der Waals surface area contributed by atoms with E-state index in [1.165, 1.54) is 5.39 Å². The van der Waals surface area contributed by atoms with Crippen molar-refractivity contribution in [3.63, 3.8) is 0 Å². The molecule has 1 saturated heterocycles. The van der Waals surface area contributed by atoms with Crippen molar-refractivity contribution in [2.24, 2.45) is 0 Å². The molecule has 1 aliphatic heterocycles. The molecule has 0 saturated carbocycles. The van der Waals surface area contributed by atoms with Crippen LogP contribution in [0.5, 0.6) is 11.5 Å². The third-order valence-electron chi connectivity index (χ3n) is 5.82. The first kappa shape index (κ1) is 25.5. The fourth-order valence-corrected chi connectivity index (χ4v) is 5.14. The summed E-state index contributed by atoms with van der Waals surface area (Å²) in [6, 6.07) is 28.6. The van der Waals surface area contributed by atoms with Crippen molar-refractivity contribution < 1.29 is 19.1 Å². The van der Waals surface area contributed by atoms with Gasteiger partial charge >= 0.3 is 0 Å². The van der Waals surface area contributed by atoms with E-state index in [0.29, 0.717) is 35.2 Å². The lowest BCUT2D eigenvalue weighted by atomic mass is 10.1. The van der Waals surface area contributed by atoms with Crippen LogP contribution in [-0.4, -0.2) is 27.8 Å². The predicted octanol–water partition coefficient (Wildman–Crippen LogP) is 6.36. The molecule has 190 valence electrons. The second-order valence-corrected chi connectivity index (χ2v) is 10.1. The summed E-state index contributed by atoms with van der Waals surface area (Å²) in [5.74, 6) is 0.392. The Bertz CT molecular complexity index is 1550. The average molecular weight is 541 g/mol. The van der Waals surface area contributed by atoms with E-state index < -0.39 is 5.91 Å². The van der Waals surface area contributed by atoms with E-state index in [1.54, 1.807) is 30.3 Å². The van der Waals surface area contributed by atoms with Gasteiger partial charge in [-0.15, -0.1) is 0 Å². The van der Waals surface area contributed by atoms with E-state index in [-0.39, 0.29) is 10.2 Å². The van der Waals surface area contributed by atoms with Gasteiger partial charge in [0.05, 0.1) is 11.5 Å². The fraction of sp³-hybridized carbons (Fsp3) is 0.100. The number of fused-ring (bicyclic) bond motifs is 1. The maximum absolute atomic E-state index is 13.0. The molecule has 0 atom stereocenters. The van der Waals surface area contributed by atoms with Gasteiger partial charge in [-0.05, 0) is 77.4 Å². The van der Waals surface area contributed by atoms with Gasteiger partial charge in [0.25, 0.3) is 11.8 Å². The third-order valence-corrected chi connectivity index (χ3v) is 7.12. The number of carbonyl (C=O) groups is 2. The molecule has 1 aliphatic rings. The van der Waals surface area contributed by atoms with Crippen LogP contribution in [0.15, 0.2) is 95.9 Å². The highest BCUT2D eigenvalue weighted by atomic mass is 32.2. The first-order valence-electron chi connectivity index (χ1n) is 12.0. The zero-order chi connectivity index (χ0) is 26.5. The van der Waals surface area contributed by atoms with Gasteiger partial charge in [0.1, 0.15) is 6.61 Å². The number of rotatable bonds is 8. The zero-order valence-corrected chi connectivity index (χ0v) is 22.2. The molecule has 1 fully saturated rings. The van der Waals surface area contributed by atoms with Crippen LogP contribution in [0.25, 0.3) is 16.8 Å². The van der Waals surface area contributed by atoms with Crippen molar-refractivity contribution >= 4 is 57.0 Å². The van der Waals surface area contributed by atoms with E-state index >= 15 is 0 Å². The molecule has 0 aliphatic carbocycles. The minimum absolute atomic E-state index is 0.255. The van der Waals surface area contributed by atoms with Gasteiger partial charge < -0.3 is 9.47 Å². The van der Waals surface area contributed by atoms with Crippen LogP contribution in [0, 0.1) is 0 Å². The van der Waals surface area contributed by atoms with Gasteiger partial charge in [-0.3, -0.25) is 15.0 Å². The first-order valence-corrected chi connectivity index (χ1v) is 13.3. The van der Waals surface area contributed by atoms with Crippen LogP contribution < -0.4 is 14.9 Å². The number of thioether (sulfide) groups is 1. The van der Waals surface area contributed by atoms with Crippen LogP contribution in [-0.2, 0) is 11.4 Å². The SMILES string of the molecule is CCOc1cc(C=C2SC(=S)N(NC(=O)c3ccccc3)C2=O)ccc1OCc1ccc2ccccc2c1. The molecule has 4 aromatic carbocycles. The Labute approximate surface area is 230 Å². The highest BCUT2D eigenvalue weighted by Crippen LogP contribution is 2.34. The summed E-state index contributed by atoms with van der Waals surface area (Å²) >= 11 is 6.47. The van der Waals surface area contributed by atoms with Crippen molar-refractivity contribution in [3.8, 4) is 11.5 Å². The molecule has 0 aromatic heterocycles. The first-order chi connectivity index (χ1) is 18.5. The fourth-order valence-electron chi connectivity index (χ4n) is 3.96. The van der Waals surface area contributed by atoms with E-state index in [1.807, 2.05) is 43.3 Å². The predicted molar refractivity (Wildman–Crippen MR) is 155 cm³/mol. The number of thiocarbonyl (C=S) groups is 1. The van der Waals surface area contributed by atoms with Crippen molar-refractivity contribution in [1.82, 2.24) is 10.4 Å². The van der Waals surface area contributed by atoms with E-state index in [0.717, 1.165) is 33.3 Å². The second-order valence-electron chi connectivity index (χ2n) is 8.43. The summed E-state index contributed by atoms with van der Waals surface area (Å²) in [5.41, 5.74) is 4.83. The van der Waals surface area contributed by atoms with Gasteiger partial charge in [-0.1, -0.05) is 72.4 Å². The van der Waals surface area contributed by atoms with Gasteiger partial charge in [-0.25, -0.2) is 0 Å². The maximum Gasteiger partial charge on any atom is 0.285 e. The van der Waals surface area contributed by atoms with Gasteiger partial charge in [0.15, 0.2) is 15.8 Å². The highest BCUT2D eigenvalue weighted by molar-refractivity contribution is 8.26. The van der Waals surface area contributed by atoms with E-state index in [9.17, 15) is 9.59 Å². The molecule has 0 bridgehead atoms. The summed E-state index contributed by atoms with van der Waals surface area (Å²) in [7, 11) is 0. The van der Waals surface area contributed by atoms with Crippen LogP contribution in [0.2, 0.25) is 0 Å². The monoisotopic (exact) mass is 540 g/mol. The lowest BCUT2D eigenvalue weighted by Crippen LogP contribution is -2.44. The number of carbonyl (C=O) groups excluding carboxylic acids is 2. The minimum Gasteiger partial charge on any atom is -0.490 e. The number of ether oxygens (including phenoxy) is 2. The summed E-state index contributed by atoms with van der Waals surface area (Å²) in [6.45, 7) is 2.76. The summed E-state index contributed by atoms with van der Waals surface area (Å²) < 4.78 is 12.2. The second kappa shape index (κ2) is 11.5. The van der Waals surface area contributed by atoms with Crippen LogP contribution in [0.4, 0.5) is 0 Å². The lowest BCUT2D eigenvalue weighted by molar-refractivity contribution is -0.123. The van der Waals surface area contributed by atoms with Crippen molar-refractivity contribution in [1.29, 1.82) is 0 Å².